The highest BCUT2D eigenvalue weighted by Crippen LogP contribution is 2.04. The molecule has 0 bridgehead atoms. The standard InChI is InChI=1S/C8H16N2O/c1-3-7(2)10-5-4-9-6-8(10)11/h7,9H,3-6H2,1-2H3. The van der Waals surface area contributed by atoms with E-state index in [0.717, 1.165) is 19.5 Å². The number of nitrogens with zero attached hydrogens (tertiary/aromatic N) is 1. The first-order chi connectivity index (χ1) is 5.25. The molecule has 1 atom stereocenters. The van der Waals surface area contributed by atoms with Crippen molar-refractivity contribution < 1.29 is 4.79 Å². The summed E-state index contributed by atoms with van der Waals surface area (Å²) in [4.78, 5) is 13.2. The van der Waals surface area contributed by atoms with E-state index in [1.807, 2.05) is 4.90 Å². The molecule has 1 unspecified atom stereocenters. The van der Waals surface area contributed by atoms with Gasteiger partial charge in [-0.1, -0.05) is 6.92 Å². The van der Waals surface area contributed by atoms with Gasteiger partial charge in [-0.15, -0.1) is 0 Å². The molecule has 0 aromatic carbocycles. The Morgan fingerprint density at radius 3 is 3.00 bits per heavy atom. The molecule has 1 aliphatic heterocycles. The van der Waals surface area contributed by atoms with Crippen LogP contribution in [0.1, 0.15) is 20.3 Å². The molecule has 11 heavy (non-hydrogen) atoms. The zero-order chi connectivity index (χ0) is 8.27. The lowest BCUT2D eigenvalue weighted by atomic mass is 10.2. The van der Waals surface area contributed by atoms with Gasteiger partial charge in [0.15, 0.2) is 0 Å². The molecule has 1 rings (SSSR count). The summed E-state index contributed by atoms with van der Waals surface area (Å²) in [7, 11) is 0. The third kappa shape index (κ3) is 1.93. The fraction of sp³-hybridized carbons (Fsp3) is 0.875. The van der Waals surface area contributed by atoms with Crippen LogP contribution in [0.4, 0.5) is 0 Å². The molecule has 3 heteroatoms. The Hall–Kier alpha value is -0.570. The quantitative estimate of drug-likeness (QED) is 0.620. The van der Waals surface area contributed by atoms with E-state index in [2.05, 4.69) is 19.2 Å². The number of hydrogen-bond acceptors (Lipinski definition) is 2. The first-order valence-corrected chi connectivity index (χ1v) is 4.26. The van der Waals surface area contributed by atoms with Crippen LogP contribution >= 0.6 is 0 Å². The fourth-order valence-electron chi connectivity index (χ4n) is 1.31. The largest absolute Gasteiger partial charge is 0.338 e. The van der Waals surface area contributed by atoms with E-state index in [0.29, 0.717) is 12.6 Å². The van der Waals surface area contributed by atoms with Crippen LogP contribution in [0.25, 0.3) is 0 Å². The molecule has 1 heterocycles. The van der Waals surface area contributed by atoms with Gasteiger partial charge in [0.25, 0.3) is 0 Å². The van der Waals surface area contributed by atoms with Crippen molar-refractivity contribution in [3.8, 4) is 0 Å². The van der Waals surface area contributed by atoms with E-state index in [1.165, 1.54) is 0 Å². The maximum Gasteiger partial charge on any atom is 0.236 e. The molecule has 0 radical (unpaired) electrons. The first kappa shape index (κ1) is 8.53. The maximum atomic E-state index is 11.3. The minimum atomic E-state index is 0.241. The normalized spacial score (nSPS) is 22.0. The van der Waals surface area contributed by atoms with Gasteiger partial charge in [0.05, 0.1) is 6.54 Å². The minimum absolute atomic E-state index is 0.241. The zero-order valence-electron chi connectivity index (χ0n) is 7.26. The molecule has 3 nitrogen and oxygen atoms in total. The lowest BCUT2D eigenvalue weighted by Crippen LogP contribution is -2.51. The summed E-state index contributed by atoms with van der Waals surface area (Å²) in [6.07, 6.45) is 1.05. The average Bonchev–Trinajstić information content (AvgIpc) is 2.04. The summed E-state index contributed by atoms with van der Waals surface area (Å²) in [5.41, 5.74) is 0. The Balaban J connectivity index is 2.47. The molecule has 64 valence electrons. The van der Waals surface area contributed by atoms with Crippen molar-refractivity contribution in [2.24, 2.45) is 0 Å². The lowest BCUT2D eigenvalue weighted by Gasteiger charge is -2.32. The molecule has 1 saturated heterocycles. The van der Waals surface area contributed by atoms with Crippen molar-refractivity contribution in [2.75, 3.05) is 19.6 Å². The van der Waals surface area contributed by atoms with Crippen LogP contribution < -0.4 is 5.32 Å². The molecule has 0 spiro atoms. The van der Waals surface area contributed by atoms with E-state index in [-0.39, 0.29) is 5.91 Å². The summed E-state index contributed by atoms with van der Waals surface area (Å²) in [5.74, 6) is 0.241. The monoisotopic (exact) mass is 156 g/mol. The Kier molecular flexibility index (Phi) is 2.88. The van der Waals surface area contributed by atoms with Crippen LogP contribution in [-0.2, 0) is 4.79 Å². The van der Waals surface area contributed by atoms with E-state index >= 15 is 0 Å². The molecular weight excluding hydrogens is 140 g/mol. The van der Waals surface area contributed by atoms with Gasteiger partial charge in [-0.05, 0) is 13.3 Å². The van der Waals surface area contributed by atoms with Crippen LogP contribution in [0, 0.1) is 0 Å². The summed E-state index contributed by atoms with van der Waals surface area (Å²) < 4.78 is 0. The van der Waals surface area contributed by atoms with Crippen LogP contribution in [0.15, 0.2) is 0 Å². The smallest absolute Gasteiger partial charge is 0.236 e. The van der Waals surface area contributed by atoms with E-state index in [4.69, 9.17) is 0 Å². The van der Waals surface area contributed by atoms with Gasteiger partial charge >= 0.3 is 0 Å². The summed E-state index contributed by atoms with van der Waals surface area (Å²) >= 11 is 0. The van der Waals surface area contributed by atoms with Crippen molar-refractivity contribution in [1.29, 1.82) is 0 Å². The van der Waals surface area contributed by atoms with Gasteiger partial charge in [-0.25, -0.2) is 0 Å². The number of hydrogen-bond donors (Lipinski definition) is 1. The van der Waals surface area contributed by atoms with Gasteiger partial charge in [0, 0.05) is 19.1 Å². The third-order valence-corrected chi connectivity index (χ3v) is 2.25. The number of carbonyl (C=O) groups excluding carboxylic acids is 1. The summed E-state index contributed by atoms with van der Waals surface area (Å²) in [5, 5.41) is 3.05. The highest BCUT2D eigenvalue weighted by molar-refractivity contribution is 5.79. The second-order valence-electron chi connectivity index (χ2n) is 3.02. The number of amides is 1. The molecule has 1 fully saturated rings. The van der Waals surface area contributed by atoms with Gasteiger partial charge < -0.3 is 10.2 Å². The Labute approximate surface area is 67.8 Å². The van der Waals surface area contributed by atoms with Crippen LogP contribution in [-0.4, -0.2) is 36.5 Å². The lowest BCUT2D eigenvalue weighted by molar-refractivity contribution is -0.134. The number of piperazine rings is 1. The van der Waals surface area contributed by atoms with E-state index in [1.54, 1.807) is 0 Å². The SMILES string of the molecule is CCC(C)N1CCNCC1=O. The molecule has 0 saturated carbocycles. The summed E-state index contributed by atoms with van der Waals surface area (Å²) in [6.45, 7) is 6.54. The van der Waals surface area contributed by atoms with Crippen LogP contribution in [0.5, 0.6) is 0 Å². The molecule has 1 aliphatic rings. The Morgan fingerprint density at radius 1 is 1.73 bits per heavy atom. The van der Waals surface area contributed by atoms with Gasteiger partial charge in [-0.3, -0.25) is 4.79 Å². The minimum Gasteiger partial charge on any atom is -0.338 e. The molecule has 1 amide bonds. The molecule has 0 aliphatic carbocycles. The van der Waals surface area contributed by atoms with Crippen molar-refractivity contribution >= 4 is 5.91 Å². The second-order valence-corrected chi connectivity index (χ2v) is 3.02. The maximum absolute atomic E-state index is 11.3. The van der Waals surface area contributed by atoms with E-state index < -0.39 is 0 Å². The average molecular weight is 156 g/mol. The number of rotatable bonds is 2. The van der Waals surface area contributed by atoms with Crippen molar-refractivity contribution in [1.82, 2.24) is 10.2 Å². The predicted molar refractivity (Wildman–Crippen MR) is 44.3 cm³/mol. The Bertz CT molecular complexity index is 147. The highest BCUT2D eigenvalue weighted by Gasteiger charge is 2.20. The van der Waals surface area contributed by atoms with Gasteiger partial charge in [-0.2, -0.15) is 0 Å². The van der Waals surface area contributed by atoms with Gasteiger partial charge in [0.1, 0.15) is 0 Å². The Morgan fingerprint density at radius 2 is 2.45 bits per heavy atom. The van der Waals surface area contributed by atoms with Gasteiger partial charge in [0.2, 0.25) is 5.91 Å². The summed E-state index contributed by atoms with van der Waals surface area (Å²) in [6, 6.07) is 0.407. The second kappa shape index (κ2) is 3.72. The van der Waals surface area contributed by atoms with Crippen molar-refractivity contribution in [2.45, 2.75) is 26.3 Å². The van der Waals surface area contributed by atoms with Crippen LogP contribution in [0.2, 0.25) is 0 Å². The van der Waals surface area contributed by atoms with E-state index in [9.17, 15) is 4.79 Å². The third-order valence-electron chi connectivity index (χ3n) is 2.25. The van der Waals surface area contributed by atoms with Crippen molar-refractivity contribution in [3.05, 3.63) is 0 Å². The highest BCUT2D eigenvalue weighted by atomic mass is 16.2. The number of carbonyl (C=O) groups is 1. The molecular formula is C8H16N2O. The van der Waals surface area contributed by atoms with Crippen LogP contribution in [0.3, 0.4) is 0 Å². The topological polar surface area (TPSA) is 32.3 Å². The molecule has 1 N–H and O–H groups in total. The molecule has 0 aromatic heterocycles. The predicted octanol–water partition coefficient (Wildman–Crippen LogP) is 0.217. The van der Waals surface area contributed by atoms with Crippen molar-refractivity contribution in [3.63, 3.8) is 0 Å². The fourth-order valence-corrected chi connectivity index (χ4v) is 1.31. The first-order valence-electron chi connectivity index (χ1n) is 4.26. The zero-order valence-corrected chi connectivity index (χ0v) is 7.26. The molecule has 0 aromatic rings. The number of nitrogens with one attached hydrogen (secondary N) is 1.